The van der Waals surface area contributed by atoms with E-state index in [1.807, 2.05) is 0 Å². The van der Waals surface area contributed by atoms with E-state index < -0.39 is 0 Å². The van der Waals surface area contributed by atoms with Crippen LogP contribution in [0.25, 0.3) is 10.9 Å². The molecule has 0 fully saturated rings. The molecule has 1 heteroatoms. The standard InChI is InChI=1S/C16H23N/c1-5-6-11-16(2,3)14-12-17(4)15-10-8-7-9-13(14)15/h7-10,12H,5-6,11H2,1-4H3. The number of benzene rings is 1. The summed E-state index contributed by atoms with van der Waals surface area (Å²) in [5, 5.41) is 1.41. The van der Waals surface area contributed by atoms with Gasteiger partial charge < -0.3 is 4.57 Å². The van der Waals surface area contributed by atoms with Gasteiger partial charge in [-0.15, -0.1) is 0 Å². The molecule has 92 valence electrons. The zero-order valence-corrected chi connectivity index (χ0v) is 11.5. The summed E-state index contributed by atoms with van der Waals surface area (Å²) in [5.74, 6) is 0. The average Bonchev–Trinajstić information content (AvgIpc) is 2.66. The molecule has 0 aliphatic rings. The van der Waals surface area contributed by atoms with Crippen LogP contribution in [0.5, 0.6) is 0 Å². The predicted octanol–water partition coefficient (Wildman–Crippen LogP) is 4.65. The molecule has 0 saturated carbocycles. The Morgan fingerprint density at radius 2 is 1.88 bits per heavy atom. The Balaban J connectivity index is 2.48. The third-order valence-electron chi connectivity index (χ3n) is 3.78. The molecule has 1 nitrogen and oxygen atoms in total. The SMILES string of the molecule is CCCCC(C)(C)c1cn(C)c2ccccc12. The number of aromatic nitrogens is 1. The van der Waals surface area contributed by atoms with Crippen molar-refractivity contribution < 1.29 is 0 Å². The second-order valence-corrected chi connectivity index (χ2v) is 5.66. The van der Waals surface area contributed by atoms with Gasteiger partial charge in [0.1, 0.15) is 0 Å². The molecule has 0 spiro atoms. The molecule has 0 N–H and O–H groups in total. The summed E-state index contributed by atoms with van der Waals surface area (Å²) in [7, 11) is 2.14. The molecule has 0 radical (unpaired) electrons. The molecule has 0 bridgehead atoms. The summed E-state index contributed by atoms with van der Waals surface area (Å²) in [6.45, 7) is 6.99. The third-order valence-corrected chi connectivity index (χ3v) is 3.78. The van der Waals surface area contributed by atoms with Crippen molar-refractivity contribution in [3.8, 4) is 0 Å². The number of aryl methyl sites for hydroxylation is 1. The minimum absolute atomic E-state index is 0.275. The highest BCUT2D eigenvalue weighted by Gasteiger charge is 2.23. The van der Waals surface area contributed by atoms with Crippen molar-refractivity contribution in [2.45, 2.75) is 45.4 Å². The van der Waals surface area contributed by atoms with Crippen LogP contribution in [-0.2, 0) is 12.5 Å². The molecule has 0 aliphatic carbocycles. The van der Waals surface area contributed by atoms with Crippen molar-refractivity contribution in [1.82, 2.24) is 4.57 Å². The van der Waals surface area contributed by atoms with Crippen LogP contribution in [-0.4, -0.2) is 4.57 Å². The monoisotopic (exact) mass is 229 g/mol. The largest absolute Gasteiger partial charge is 0.350 e. The first-order valence-corrected chi connectivity index (χ1v) is 6.61. The van der Waals surface area contributed by atoms with E-state index in [0.29, 0.717) is 0 Å². The summed E-state index contributed by atoms with van der Waals surface area (Å²) in [5.41, 5.74) is 3.10. The van der Waals surface area contributed by atoms with Crippen molar-refractivity contribution in [1.29, 1.82) is 0 Å². The second kappa shape index (κ2) is 4.56. The quantitative estimate of drug-likeness (QED) is 0.719. The lowest BCUT2D eigenvalue weighted by molar-refractivity contribution is 0.460. The van der Waals surface area contributed by atoms with Gasteiger partial charge in [-0.2, -0.15) is 0 Å². The van der Waals surface area contributed by atoms with Crippen LogP contribution in [0.4, 0.5) is 0 Å². The van der Waals surface area contributed by atoms with Crippen LogP contribution in [0, 0.1) is 0 Å². The molecule has 0 aliphatic heterocycles. The zero-order valence-electron chi connectivity index (χ0n) is 11.5. The lowest BCUT2D eigenvalue weighted by Gasteiger charge is -2.24. The maximum Gasteiger partial charge on any atom is 0.0480 e. The maximum atomic E-state index is 2.37. The van der Waals surface area contributed by atoms with Crippen molar-refractivity contribution in [2.24, 2.45) is 7.05 Å². The first-order valence-electron chi connectivity index (χ1n) is 6.61. The van der Waals surface area contributed by atoms with Gasteiger partial charge in [-0.05, 0) is 23.5 Å². The van der Waals surface area contributed by atoms with E-state index in [-0.39, 0.29) is 5.41 Å². The minimum Gasteiger partial charge on any atom is -0.350 e. The maximum absolute atomic E-state index is 2.37. The molecule has 0 unspecified atom stereocenters. The Hall–Kier alpha value is -1.24. The molecule has 2 rings (SSSR count). The van der Waals surface area contributed by atoms with Gasteiger partial charge in [0.25, 0.3) is 0 Å². The number of fused-ring (bicyclic) bond motifs is 1. The third kappa shape index (κ3) is 2.24. The van der Waals surface area contributed by atoms with Crippen LogP contribution in [0.2, 0.25) is 0 Å². The van der Waals surface area contributed by atoms with E-state index in [2.05, 4.69) is 62.8 Å². The zero-order chi connectivity index (χ0) is 12.5. The summed E-state index contributed by atoms with van der Waals surface area (Å²) in [4.78, 5) is 0. The van der Waals surface area contributed by atoms with Gasteiger partial charge in [0, 0.05) is 24.1 Å². The lowest BCUT2D eigenvalue weighted by Crippen LogP contribution is -2.16. The van der Waals surface area contributed by atoms with E-state index in [4.69, 9.17) is 0 Å². The van der Waals surface area contributed by atoms with Gasteiger partial charge in [0.15, 0.2) is 0 Å². The van der Waals surface area contributed by atoms with Gasteiger partial charge in [0.2, 0.25) is 0 Å². The van der Waals surface area contributed by atoms with Crippen LogP contribution in [0.15, 0.2) is 30.5 Å². The van der Waals surface area contributed by atoms with Gasteiger partial charge in [-0.3, -0.25) is 0 Å². The normalized spacial score (nSPS) is 12.2. The van der Waals surface area contributed by atoms with Crippen molar-refractivity contribution in [3.05, 3.63) is 36.0 Å². The Morgan fingerprint density at radius 1 is 1.18 bits per heavy atom. The summed E-state index contributed by atoms with van der Waals surface area (Å²) in [6.07, 6.45) is 6.14. The molecule has 1 heterocycles. The fourth-order valence-corrected chi connectivity index (χ4v) is 2.63. The van der Waals surface area contributed by atoms with E-state index in [1.165, 1.54) is 35.7 Å². The Morgan fingerprint density at radius 3 is 2.59 bits per heavy atom. The van der Waals surface area contributed by atoms with Crippen molar-refractivity contribution >= 4 is 10.9 Å². The van der Waals surface area contributed by atoms with Crippen LogP contribution in [0.3, 0.4) is 0 Å². The van der Waals surface area contributed by atoms with Crippen molar-refractivity contribution in [3.63, 3.8) is 0 Å². The molecule has 0 atom stereocenters. The lowest BCUT2D eigenvalue weighted by atomic mass is 9.80. The highest BCUT2D eigenvalue weighted by molar-refractivity contribution is 5.84. The predicted molar refractivity (Wildman–Crippen MR) is 75.5 cm³/mol. The van der Waals surface area contributed by atoms with E-state index >= 15 is 0 Å². The number of hydrogen-bond acceptors (Lipinski definition) is 0. The van der Waals surface area contributed by atoms with Gasteiger partial charge in [-0.25, -0.2) is 0 Å². The first-order chi connectivity index (χ1) is 8.06. The smallest absolute Gasteiger partial charge is 0.0480 e. The van der Waals surface area contributed by atoms with Gasteiger partial charge in [0.05, 0.1) is 0 Å². The highest BCUT2D eigenvalue weighted by atomic mass is 14.9. The summed E-state index contributed by atoms with van der Waals surface area (Å²) >= 11 is 0. The molecule has 1 aromatic heterocycles. The molecule has 0 saturated heterocycles. The van der Waals surface area contributed by atoms with Crippen LogP contribution >= 0.6 is 0 Å². The van der Waals surface area contributed by atoms with Crippen LogP contribution in [0.1, 0.15) is 45.6 Å². The topological polar surface area (TPSA) is 4.93 Å². The molecular weight excluding hydrogens is 206 g/mol. The fourth-order valence-electron chi connectivity index (χ4n) is 2.63. The molecule has 0 amide bonds. The van der Waals surface area contributed by atoms with Crippen LogP contribution < -0.4 is 0 Å². The number of hydrogen-bond donors (Lipinski definition) is 0. The molecule has 1 aromatic carbocycles. The number of nitrogens with zero attached hydrogens (tertiary/aromatic N) is 1. The highest BCUT2D eigenvalue weighted by Crippen LogP contribution is 2.35. The van der Waals surface area contributed by atoms with Gasteiger partial charge >= 0.3 is 0 Å². The number of para-hydroxylation sites is 1. The Bertz CT molecular complexity index is 505. The Labute approximate surface area is 104 Å². The van der Waals surface area contributed by atoms with E-state index in [0.717, 1.165) is 0 Å². The molecule has 2 aromatic rings. The second-order valence-electron chi connectivity index (χ2n) is 5.66. The summed E-state index contributed by atoms with van der Waals surface area (Å²) in [6, 6.07) is 8.71. The van der Waals surface area contributed by atoms with E-state index in [9.17, 15) is 0 Å². The summed E-state index contributed by atoms with van der Waals surface area (Å²) < 4.78 is 2.25. The average molecular weight is 229 g/mol. The number of unbranched alkanes of at least 4 members (excludes halogenated alkanes) is 1. The van der Waals surface area contributed by atoms with E-state index in [1.54, 1.807) is 0 Å². The Kier molecular flexibility index (Phi) is 3.28. The molecule has 17 heavy (non-hydrogen) atoms. The number of rotatable bonds is 4. The molecular formula is C16H23N. The van der Waals surface area contributed by atoms with Gasteiger partial charge in [-0.1, -0.05) is 51.8 Å². The fraction of sp³-hybridized carbons (Fsp3) is 0.500. The minimum atomic E-state index is 0.275. The first kappa shape index (κ1) is 12.2. The van der Waals surface area contributed by atoms with Crippen molar-refractivity contribution in [2.75, 3.05) is 0 Å².